The summed E-state index contributed by atoms with van der Waals surface area (Å²) in [5.74, 6) is 1.95. The highest BCUT2D eigenvalue weighted by Crippen LogP contribution is 2.76. The third kappa shape index (κ3) is 4.17. The van der Waals surface area contributed by atoms with E-state index in [1.807, 2.05) is 0 Å². The van der Waals surface area contributed by atoms with Gasteiger partial charge in [0, 0.05) is 5.41 Å². The molecule has 16 atom stereocenters. The summed E-state index contributed by atoms with van der Waals surface area (Å²) >= 11 is 0. The van der Waals surface area contributed by atoms with E-state index in [0.717, 1.165) is 57.8 Å². The monoisotopic (exact) mass is 604 g/mol. The predicted octanol–water partition coefficient (Wildman–Crippen LogP) is 4.21. The molecule has 0 bridgehead atoms. The molecule has 0 radical (unpaired) electrons. The second kappa shape index (κ2) is 10.5. The van der Waals surface area contributed by atoms with Crippen LogP contribution >= 0.6 is 0 Å². The molecule has 1 aliphatic heterocycles. The predicted molar refractivity (Wildman–Crippen MR) is 165 cm³/mol. The molecule has 6 aliphatic rings. The molecule has 6 N–H and O–H groups in total. The molecule has 4 saturated carbocycles. The summed E-state index contributed by atoms with van der Waals surface area (Å²) < 4.78 is 6.02. The third-order valence-electron chi connectivity index (χ3n) is 15.9. The van der Waals surface area contributed by atoms with Gasteiger partial charge >= 0.3 is 0 Å². The average molecular weight is 605 g/mol. The lowest BCUT2D eigenvalue weighted by molar-refractivity contribution is -0.274. The highest BCUT2D eigenvalue weighted by Gasteiger charge is 2.70. The lowest BCUT2D eigenvalue weighted by Crippen LogP contribution is -2.68. The SMILES string of the molecule is C[C@@H]1CC[C@]2(C(O)[C@@H]3OC(CO)[C@@H](O)[C@H](O)C3O)CC[C@]3(C)C(=CCC4[C@@]5(C)CC[C@@H](O)C(C)(C)C5CC[C@]43C)C2[C@H]1C. The summed E-state index contributed by atoms with van der Waals surface area (Å²) in [6.45, 7) is 16.3. The Morgan fingerprint density at radius 1 is 0.837 bits per heavy atom. The topological polar surface area (TPSA) is 131 Å². The Morgan fingerprint density at radius 2 is 1.53 bits per heavy atom. The minimum atomic E-state index is -1.49. The molecule has 5 fully saturated rings. The summed E-state index contributed by atoms with van der Waals surface area (Å²) in [7, 11) is 0. The van der Waals surface area contributed by atoms with Crippen LogP contribution in [0.4, 0.5) is 0 Å². The number of aliphatic hydroxyl groups is 6. The maximum atomic E-state index is 12.3. The number of allylic oxidation sites excluding steroid dienone is 2. The molecule has 7 heteroatoms. The molecular weight excluding hydrogens is 544 g/mol. The van der Waals surface area contributed by atoms with Gasteiger partial charge in [-0.25, -0.2) is 0 Å². The van der Waals surface area contributed by atoms with Crippen molar-refractivity contribution in [1.82, 2.24) is 0 Å². The van der Waals surface area contributed by atoms with E-state index in [1.54, 1.807) is 0 Å². The van der Waals surface area contributed by atoms with Gasteiger partial charge in [0.15, 0.2) is 0 Å². The largest absolute Gasteiger partial charge is 0.394 e. The zero-order valence-electron chi connectivity index (χ0n) is 27.7. The van der Waals surface area contributed by atoms with Gasteiger partial charge in [0.1, 0.15) is 30.5 Å². The van der Waals surface area contributed by atoms with E-state index in [-0.39, 0.29) is 33.7 Å². The molecule has 1 heterocycles. The van der Waals surface area contributed by atoms with Crippen molar-refractivity contribution in [3.05, 3.63) is 11.6 Å². The Hall–Kier alpha value is -0.540. The molecule has 246 valence electrons. The van der Waals surface area contributed by atoms with Crippen molar-refractivity contribution < 1.29 is 35.4 Å². The standard InChI is InChI=1S/C36H60O7/c1-19-10-15-36(31(42)30-29(41)28(40)27(39)22(18-37)43-30)17-16-34(6)21(26(36)20(19)2)8-9-24-33(5)13-12-25(38)32(3,4)23(33)11-14-35(24,34)7/h8,19-20,22-31,37-42H,9-18H2,1-7H3/t19-,20+,22?,23?,24?,25-,26?,27-,28+,29?,30-,31?,33+,34-,35-,36+/m1/s1. The number of rotatable bonds is 3. The number of hydrogen-bond acceptors (Lipinski definition) is 7. The molecule has 1 saturated heterocycles. The number of ether oxygens (including phenoxy) is 1. The van der Waals surface area contributed by atoms with Gasteiger partial charge in [-0.1, -0.05) is 60.1 Å². The average Bonchev–Trinajstić information content (AvgIpc) is 2.96. The van der Waals surface area contributed by atoms with E-state index >= 15 is 0 Å². The zero-order chi connectivity index (χ0) is 31.5. The van der Waals surface area contributed by atoms with E-state index in [9.17, 15) is 30.6 Å². The van der Waals surface area contributed by atoms with E-state index < -0.39 is 48.6 Å². The number of fused-ring (bicyclic) bond motifs is 7. The third-order valence-corrected chi connectivity index (χ3v) is 15.9. The van der Waals surface area contributed by atoms with Gasteiger partial charge in [-0.05, 0) is 109 Å². The fourth-order valence-corrected chi connectivity index (χ4v) is 12.8. The summed E-state index contributed by atoms with van der Waals surface area (Å²) in [4.78, 5) is 0. The summed E-state index contributed by atoms with van der Waals surface area (Å²) in [5.41, 5.74) is 1.10. The van der Waals surface area contributed by atoms with E-state index in [1.165, 1.54) is 5.57 Å². The lowest BCUT2D eigenvalue weighted by atomic mass is 9.33. The van der Waals surface area contributed by atoms with Crippen molar-refractivity contribution in [2.75, 3.05) is 6.61 Å². The molecule has 6 rings (SSSR count). The van der Waals surface area contributed by atoms with Crippen molar-refractivity contribution in [1.29, 1.82) is 0 Å². The van der Waals surface area contributed by atoms with Gasteiger partial charge in [-0.15, -0.1) is 0 Å². The van der Waals surface area contributed by atoms with Crippen LogP contribution in [0.1, 0.15) is 106 Å². The molecule has 0 aromatic carbocycles. The Bertz CT molecular complexity index is 1110. The van der Waals surface area contributed by atoms with Crippen LogP contribution in [0.2, 0.25) is 0 Å². The van der Waals surface area contributed by atoms with Crippen LogP contribution in [0.25, 0.3) is 0 Å². The smallest absolute Gasteiger partial charge is 0.113 e. The minimum absolute atomic E-state index is 0.0291. The Kier molecular flexibility index (Phi) is 7.90. The van der Waals surface area contributed by atoms with Crippen LogP contribution in [0.5, 0.6) is 0 Å². The van der Waals surface area contributed by atoms with Crippen LogP contribution in [-0.4, -0.2) is 80.0 Å². The molecule has 0 amide bonds. The van der Waals surface area contributed by atoms with Crippen LogP contribution in [0.15, 0.2) is 11.6 Å². The van der Waals surface area contributed by atoms with Crippen molar-refractivity contribution in [2.45, 2.75) is 149 Å². The first-order valence-electron chi connectivity index (χ1n) is 17.4. The van der Waals surface area contributed by atoms with Gasteiger partial charge in [0.05, 0.1) is 18.8 Å². The van der Waals surface area contributed by atoms with Gasteiger partial charge in [0.2, 0.25) is 0 Å². The summed E-state index contributed by atoms with van der Waals surface area (Å²) in [5, 5.41) is 65.4. The zero-order valence-corrected chi connectivity index (χ0v) is 27.7. The molecule has 7 nitrogen and oxygen atoms in total. The fourth-order valence-electron chi connectivity index (χ4n) is 12.8. The van der Waals surface area contributed by atoms with Crippen molar-refractivity contribution in [3.63, 3.8) is 0 Å². The first-order valence-corrected chi connectivity index (χ1v) is 17.4. The second-order valence-corrected chi connectivity index (χ2v) is 17.5. The number of hydrogen-bond donors (Lipinski definition) is 6. The molecule has 0 aromatic rings. The van der Waals surface area contributed by atoms with Crippen molar-refractivity contribution in [3.8, 4) is 0 Å². The summed E-state index contributed by atoms with van der Waals surface area (Å²) in [6.07, 6.45) is 3.59. The molecular formula is C36H60O7. The van der Waals surface area contributed by atoms with Gasteiger partial charge in [-0.2, -0.15) is 0 Å². The van der Waals surface area contributed by atoms with Gasteiger partial charge in [-0.3, -0.25) is 0 Å². The van der Waals surface area contributed by atoms with Crippen LogP contribution in [-0.2, 0) is 4.74 Å². The maximum Gasteiger partial charge on any atom is 0.113 e. The molecule has 5 aliphatic carbocycles. The normalized spacial score (nSPS) is 57.0. The highest BCUT2D eigenvalue weighted by molar-refractivity contribution is 5.35. The molecule has 0 spiro atoms. The van der Waals surface area contributed by atoms with Gasteiger partial charge in [0.25, 0.3) is 0 Å². The van der Waals surface area contributed by atoms with Gasteiger partial charge < -0.3 is 35.4 Å². The van der Waals surface area contributed by atoms with Crippen molar-refractivity contribution in [2.24, 2.45) is 56.7 Å². The van der Waals surface area contributed by atoms with Crippen LogP contribution < -0.4 is 0 Å². The molecule has 43 heavy (non-hydrogen) atoms. The van der Waals surface area contributed by atoms with E-state index in [0.29, 0.717) is 23.7 Å². The maximum absolute atomic E-state index is 12.3. The Labute approximate surface area is 259 Å². The molecule has 6 unspecified atom stereocenters. The van der Waals surface area contributed by atoms with Crippen molar-refractivity contribution >= 4 is 0 Å². The fraction of sp³-hybridized carbons (Fsp3) is 0.944. The first kappa shape index (κ1) is 32.4. The lowest BCUT2D eigenvalue weighted by Gasteiger charge is -2.72. The first-order chi connectivity index (χ1) is 20.0. The Morgan fingerprint density at radius 3 is 2.21 bits per heavy atom. The van der Waals surface area contributed by atoms with E-state index in [2.05, 4.69) is 54.5 Å². The van der Waals surface area contributed by atoms with E-state index in [4.69, 9.17) is 4.74 Å². The quantitative estimate of drug-likeness (QED) is 0.266. The van der Waals surface area contributed by atoms with Crippen LogP contribution in [0, 0.1) is 56.7 Å². The highest BCUT2D eigenvalue weighted by atomic mass is 16.6. The Balaban J connectivity index is 1.41. The molecule has 0 aromatic heterocycles. The van der Waals surface area contributed by atoms with Crippen LogP contribution in [0.3, 0.4) is 0 Å². The second-order valence-electron chi connectivity index (χ2n) is 17.5. The number of aliphatic hydroxyl groups excluding tert-OH is 6. The summed E-state index contributed by atoms with van der Waals surface area (Å²) in [6, 6.07) is 0. The minimum Gasteiger partial charge on any atom is -0.394 e.